The standard InChI is InChI=1S/C15H15BrN2O/c16-14-4-2-1-3-13(14)15(19)18-17-9-12-8-10-5-6-11(12)7-10/h1-6,9-12H,7-8H2,(H,18,19)/b17-9-/t10-,11-,12+/m1/s1. The molecular weight excluding hydrogens is 304 g/mol. The van der Waals surface area contributed by atoms with Gasteiger partial charge in [-0.15, -0.1) is 0 Å². The number of benzene rings is 1. The van der Waals surface area contributed by atoms with E-state index < -0.39 is 0 Å². The van der Waals surface area contributed by atoms with E-state index in [9.17, 15) is 4.79 Å². The normalized spacial score (nSPS) is 28.2. The van der Waals surface area contributed by atoms with Gasteiger partial charge in [0, 0.05) is 16.6 Å². The molecule has 2 aliphatic carbocycles. The third-order valence-electron chi connectivity index (χ3n) is 3.88. The summed E-state index contributed by atoms with van der Waals surface area (Å²) in [4.78, 5) is 11.9. The predicted molar refractivity (Wildman–Crippen MR) is 78.9 cm³/mol. The van der Waals surface area contributed by atoms with Gasteiger partial charge in [0.05, 0.1) is 5.56 Å². The molecule has 0 aliphatic heterocycles. The van der Waals surface area contributed by atoms with Gasteiger partial charge < -0.3 is 0 Å². The summed E-state index contributed by atoms with van der Waals surface area (Å²) in [6.07, 6.45) is 8.88. The van der Waals surface area contributed by atoms with Gasteiger partial charge in [-0.1, -0.05) is 24.3 Å². The summed E-state index contributed by atoms with van der Waals surface area (Å²) >= 11 is 3.36. The molecule has 0 aromatic heterocycles. The highest BCUT2D eigenvalue weighted by molar-refractivity contribution is 9.10. The molecule has 0 spiro atoms. The highest BCUT2D eigenvalue weighted by Crippen LogP contribution is 2.42. The van der Waals surface area contributed by atoms with Crippen molar-refractivity contribution in [1.82, 2.24) is 5.43 Å². The number of hydrogen-bond donors (Lipinski definition) is 1. The van der Waals surface area contributed by atoms with Gasteiger partial charge in [-0.3, -0.25) is 4.79 Å². The number of hydrogen-bond acceptors (Lipinski definition) is 2. The van der Waals surface area contributed by atoms with Gasteiger partial charge in [0.25, 0.3) is 5.91 Å². The average Bonchev–Trinajstić information content (AvgIpc) is 3.01. The summed E-state index contributed by atoms with van der Waals surface area (Å²) in [5.41, 5.74) is 3.21. The van der Waals surface area contributed by atoms with Crippen molar-refractivity contribution in [2.45, 2.75) is 12.8 Å². The SMILES string of the molecule is O=C(N/N=C\[C@@H]1C[C@@H]2C=C[C@@H]1C2)c1ccccc1Br. The van der Waals surface area contributed by atoms with Gasteiger partial charge in [-0.25, -0.2) is 5.43 Å². The molecule has 1 amide bonds. The molecule has 1 aromatic rings. The molecule has 3 rings (SSSR count). The first-order chi connectivity index (χ1) is 9.24. The Bertz CT molecular complexity index is 553. The monoisotopic (exact) mass is 318 g/mol. The van der Waals surface area contributed by atoms with Crippen molar-refractivity contribution in [2.24, 2.45) is 22.9 Å². The molecule has 1 aromatic carbocycles. The minimum Gasteiger partial charge on any atom is -0.267 e. The fraction of sp³-hybridized carbons (Fsp3) is 0.333. The Morgan fingerprint density at radius 3 is 2.84 bits per heavy atom. The van der Waals surface area contributed by atoms with Crippen molar-refractivity contribution in [3.63, 3.8) is 0 Å². The maximum absolute atomic E-state index is 11.9. The molecule has 0 radical (unpaired) electrons. The molecule has 1 N–H and O–H groups in total. The number of halogens is 1. The second-order valence-electron chi connectivity index (χ2n) is 5.14. The van der Waals surface area contributed by atoms with E-state index in [-0.39, 0.29) is 5.91 Å². The van der Waals surface area contributed by atoms with Crippen molar-refractivity contribution in [2.75, 3.05) is 0 Å². The number of carbonyl (C=O) groups excluding carboxylic acids is 1. The average molecular weight is 319 g/mol. The first-order valence-electron chi connectivity index (χ1n) is 6.50. The number of allylic oxidation sites excluding steroid dienone is 2. The van der Waals surface area contributed by atoms with Crippen LogP contribution in [0.5, 0.6) is 0 Å². The van der Waals surface area contributed by atoms with Gasteiger partial charge in [-0.05, 0) is 52.7 Å². The van der Waals surface area contributed by atoms with Crippen molar-refractivity contribution in [1.29, 1.82) is 0 Å². The Morgan fingerprint density at radius 1 is 1.32 bits per heavy atom. The number of carbonyl (C=O) groups is 1. The Kier molecular flexibility index (Phi) is 3.51. The zero-order valence-corrected chi connectivity index (χ0v) is 12.0. The summed E-state index contributed by atoms with van der Waals surface area (Å²) in [5, 5.41) is 4.11. The molecule has 0 unspecified atom stereocenters. The van der Waals surface area contributed by atoms with Gasteiger partial charge in [0.2, 0.25) is 0 Å². The maximum Gasteiger partial charge on any atom is 0.272 e. The Balaban J connectivity index is 1.59. The van der Waals surface area contributed by atoms with E-state index in [1.54, 1.807) is 6.07 Å². The van der Waals surface area contributed by atoms with Crippen LogP contribution in [0.2, 0.25) is 0 Å². The topological polar surface area (TPSA) is 41.5 Å². The molecule has 2 aliphatic rings. The van der Waals surface area contributed by atoms with Gasteiger partial charge in [0.15, 0.2) is 0 Å². The number of fused-ring (bicyclic) bond motifs is 2. The van der Waals surface area contributed by atoms with Crippen molar-refractivity contribution in [3.8, 4) is 0 Å². The van der Waals surface area contributed by atoms with E-state index in [1.807, 2.05) is 24.4 Å². The molecule has 3 nitrogen and oxygen atoms in total. The minimum absolute atomic E-state index is 0.178. The summed E-state index contributed by atoms with van der Waals surface area (Å²) in [6, 6.07) is 7.34. The summed E-state index contributed by atoms with van der Waals surface area (Å²) in [7, 11) is 0. The summed E-state index contributed by atoms with van der Waals surface area (Å²) < 4.78 is 0.783. The van der Waals surface area contributed by atoms with Gasteiger partial charge in [-0.2, -0.15) is 5.10 Å². The van der Waals surface area contributed by atoms with Crippen LogP contribution in [0.4, 0.5) is 0 Å². The fourth-order valence-corrected chi connectivity index (χ4v) is 3.36. The summed E-state index contributed by atoms with van der Waals surface area (Å²) in [6.45, 7) is 0. The molecule has 4 heteroatoms. The molecule has 1 saturated carbocycles. The molecule has 0 saturated heterocycles. The Hall–Kier alpha value is -1.42. The summed E-state index contributed by atoms with van der Waals surface area (Å²) in [5.74, 6) is 1.64. The smallest absolute Gasteiger partial charge is 0.267 e. The number of rotatable bonds is 3. The Morgan fingerprint density at radius 2 is 2.16 bits per heavy atom. The molecule has 2 bridgehead atoms. The molecule has 98 valence electrons. The lowest BCUT2D eigenvalue weighted by Gasteiger charge is -2.12. The minimum atomic E-state index is -0.178. The van der Waals surface area contributed by atoms with Crippen molar-refractivity contribution < 1.29 is 4.79 Å². The molecule has 0 heterocycles. The highest BCUT2D eigenvalue weighted by Gasteiger charge is 2.34. The number of nitrogens with zero attached hydrogens (tertiary/aromatic N) is 1. The fourth-order valence-electron chi connectivity index (χ4n) is 2.89. The van der Waals surface area contributed by atoms with Crippen LogP contribution >= 0.6 is 15.9 Å². The second kappa shape index (κ2) is 5.29. The van der Waals surface area contributed by atoms with E-state index in [0.29, 0.717) is 17.4 Å². The van der Waals surface area contributed by atoms with Crippen molar-refractivity contribution >= 4 is 28.1 Å². The highest BCUT2D eigenvalue weighted by atomic mass is 79.9. The number of amides is 1. The lowest BCUT2D eigenvalue weighted by atomic mass is 9.95. The Labute approximate surface area is 120 Å². The van der Waals surface area contributed by atoms with Crippen LogP contribution in [0.1, 0.15) is 23.2 Å². The van der Waals surface area contributed by atoms with Gasteiger partial charge in [0.1, 0.15) is 0 Å². The maximum atomic E-state index is 11.9. The molecule has 1 fully saturated rings. The van der Waals surface area contributed by atoms with E-state index >= 15 is 0 Å². The first-order valence-corrected chi connectivity index (χ1v) is 7.29. The van der Waals surface area contributed by atoms with Crippen LogP contribution in [0, 0.1) is 17.8 Å². The zero-order valence-electron chi connectivity index (χ0n) is 10.4. The van der Waals surface area contributed by atoms with E-state index in [2.05, 4.69) is 38.6 Å². The largest absolute Gasteiger partial charge is 0.272 e. The first kappa shape index (κ1) is 12.6. The molecule has 19 heavy (non-hydrogen) atoms. The third-order valence-corrected chi connectivity index (χ3v) is 4.57. The van der Waals surface area contributed by atoms with Crippen molar-refractivity contribution in [3.05, 3.63) is 46.5 Å². The zero-order chi connectivity index (χ0) is 13.2. The lowest BCUT2D eigenvalue weighted by molar-refractivity contribution is 0.0954. The van der Waals surface area contributed by atoms with Crippen LogP contribution in [0.3, 0.4) is 0 Å². The second-order valence-corrected chi connectivity index (χ2v) is 6.00. The van der Waals surface area contributed by atoms with Crippen LogP contribution in [-0.2, 0) is 0 Å². The van der Waals surface area contributed by atoms with Crippen LogP contribution < -0.4 is 5.43 Å². The lowest BCUT2D eigenvalue weighted by Crippen LogP contribution is -2.19. The van der Waals surface area contributed by atoms with E-state index in [0.717, 1.165) is 16.8 Å². The van der Waals surface area contributed by atoms with Crippen LogP contribution in [0.25, 0.3) is 0 Å². The van der Waals surface area contributed by atoms with E-state index in [4.69, 9.17) is 0 Å². The van der Waals surface area contributed by atoms with E-state index in [1.165, 1.54) is 6.42 Å². The predicted octanol–water partition coefficient (Wildman–Crippen LogP) is 3.38. The van der Waals surface area contributed by atoms with Crippen LogP contribution in [0.15, 0.2) is 46.0 Å². The van der Waals surface area contributed by atoms with Gasteiger partial charge >= 0.3 is 0 Å². The molecular formula is C15H15BrN2O. The molecule has 3 atom stereocenters. The third kappa shape index (κ3) is 2.63. The van der Waals surface area contributed by atoms with Crippen LogP contribution in [-0.4, -0.2) is 12.1 Å². The number of nitrogens with one attached hydrogen (secondary N) is 1. The number of hydrazone groups is 1. The quantitative estimate of drug-likeness (QED) is 0.518.